The molecule has 0 fully saturated rings. The summed E-state index contributed by atoms with van der Waals surface area (Å²) in [6.07, 6.45) is 1.76. The number of aromatic nitrogens is 2. The van der Waals surface area contributed by atoms with E-state index >= 15 is 0 Å². The van der Waals surface area contributed by atoms with Crippen LogP contribution in [0.3, 0.4) is 0 Å². The summed E-state index contributed by atoms with van der Waals surface area (Å²) in [7, 11) is 0. The lowest BCUT2D eigenvalue weighted by Gasteiger charge is -2.22. The number of nitrogens with zero attached hydrogens (tertiary/aromatic N) is 3. The molecular formula is C20H18ClN3O2. The third-order valence-electron chi connectivity index (χ3n) is 4.35. The summed E-state index contributed by atoms with van der Waals surface area (Å²) in [6, 6.07) is 10.8. The summed E-state index contributed by atoms with van der Waals surface area (Å²) in [4.78, 5) is 15.9. The van der Waals surface area contributed by atoms with Gasteiger partial charge in [0.15, 0.2) is 5.78 Å². The second kappa shape index (κ2) is 6.91. The summed E-state index contributed by atoms with van der Waals surface area (Å²) in [6.45, 7) is 10.6. The molecule has 1 atom stereocenters. The summed E-state index contributed by atoms with van der Waals surface area (Å²) in [5.41, 5.74) is 1.42. The third-order valence-corrected chi connectivity index (χ3v) is 4.66. The number of benzene rings is 2. The molecule has 0 unspecified atom stereocenters. The Morgan fingerprint density at radius 1 is 1.35 bits per heavy atom. The summed E-state index contributed by atoms with van der Waals surface area (Å²) < 4.78 is 1.64. The van der Waals surface area contributed by atoms with E-state index < -0.39 is 5.60 Å². The molecule has 0 aliphatic heterocycles. The number of carbonyl (C=O) groups excluding carboxylic acids is 1. The van der Waals surface area contributed by atoms with E-state index in [9.17, 15) is 9.90 Å². The van der Waals surface area contributed by atoms with Crippen molar-refractivity contribution in [1.82, 2.24) is 9.78 Å². The molecule has 3 aromatic rings. The topological polar surface area (TPSA) is 59.5 Å². The van der Waals surface area contributed by atoms with Crippen LogP contribution in [0, 0.1) is 13.5 Å². The number of fused-ring (bicyclic) bond motifs is 1. The first kappa shape index (κ1) is 18.1. The summed E-state index contributed by atoms with van der Waals surface area (Å²) in [5.74, 6) is -0.333. The van der Waals surface area contributed by atoms with Gasteiger partial charge in [-0.2, -0.15) is 5.10 Å². The fourth-order valence-corrected chi connectivity index (χ4v) is 3.08. The van der Waals surface area contributed by atoms with Gasteiger partial charge >= 0.3 is 0 Å². The van der Waals surface area contributed by atoms with Gasteiger partial charge in [-0.3, -0.25) is 9.48 Å². The van der Waals surface area contributed by atoms with E-state index in [1.807, 2.05) is 25.1 Å². The van der Waals surface area contributed by atoms with Crippen molar-refractivity contribution in [2.24, 2.45) is 0 Å². The Hall–Kier alpha value is -2.68. The molecule has 132 valence electrons. The largest absolute Gasteiger partial charge is 0.380 e. The van der Waals surface area contributed by atoms with Crippen molar-refractivity contribution in [1.29, 1.82) is 0 Å². The first-order valence-corrected chi connectivity index (χ1v) is 8.52. The van der Waals surface area contributed by atoms with Gasteiger partial charge in [0.2, 0.25) is 5.69 Å². The highest BCUT2D eigenvalue weighted by Gasteiger charge is 2.31. The molecule has 0 aliphatic rings. The number of hydrogen-bond acceptors (Lipinski definition) is 3. The van der Waals surface area contributed by atoms with Crippen molar-refractivity contribution in [3.63, 3.8) is 0 Å². The summed E-state index contributed by atoms with van der Waals surface area (Å²) in [5, 5.41) is 16.3. The van der Waals surface area contributed by atoms with Gasteiger partial charge in [-0.1, -0.05) is 41.4 Å². The molecule has 0 amide bonds. The number of aryl methyl sites for hydroxylation is 1. The van der Waals surface area contributed by atoms with Crippen LogP contribution in [0.5, 0.6) is 0 Å². The number of aliphatic hydroxyl groups is 1. The SMILES string of the molecule is [C-]#[N+]c1ccc(CC(=O)[C@@](C)(O)Cn2ncc3cc(C)ccc32)cc1Cl. The van der Waals surface area contributed by atoms with Crippen LogP contribution in [0.4, 0.5) is 5.69 Å². The Labute approximate surface area is 156 Å². The molecule has 0 spiro atoms. The quantitative estimate of drug-likeness (QED) is 0.690. The Balaban J connectivity index is 1.79. The van der Waals surface area contributed by atoms with E-state index in [0.29, 0.717) is 16.3 Å². The smallest absolute Gasteiger partial charge is 0.205 e. The van der Waals surface area contributed by atoms with Crippen LogP contribution in [0.2, 0.25) is 5.02 Å². The zero-order chi connectivity index (χ0) is 18.9. The summed E-state index contributed by atoms with van der Waals surface area (Å²) >= 11 is 6.02. The molecular weight excluding hydrogens is 350 g/mol. The van der Waals surface area contributed by atoms with Crippen LogP contribution in [0.15, 0.2) is 42.6 Å². The molecule has 3 rings (SSSR count). The van der Waals surface area contributed by atoms with Gasteiger partial charge in [-0.15, -0.1) is 0 Å². The Morgan fingerprint density at radius 2 is 2.12 bits per heavy atom. The normalized spacial score (nSPS) is 13.3. The van der Waals surface area contributed by atoms with E-state index in [0.717, 1.165) is 16.5 Å². The lowest BCUT2D eigenvalue weighted by atomic mass is 9.95. The van der Waals surface area contributed by atoms with Crippen molar-refractivity contribution in [3.8, 4) is 0 Å². The minimum absolute atomic E-state index is 0.0311. The fourth-order valence-electron chi connectivity index (χ4n) is 2.84. The number of hydrogen-bond donors (Lipinski definition) is 1. The van der Waals surface area contributed by atoms with Crippen molar-refractivity contribution in [2.75, 3.05) is 0 Å². The second-order valence-electron chi connectivity index (χ2n) is 6.64. The predicted octanol–water partition coefficient (Wildman–Crippen LogP) is 4.11. The molecule has 1 aromatic heterocycles. The zero-order valence-corrected chi connectivity index (χ0v) is 15.3. The average Bonchev–Trinajstić information content (AvgIpc) is 2.96. The van der Waals surface area contributed by atoms with E-state index in [2.05, 4.69) is 9.94 Å². The van der Waals surface area contributed by atoms with Crippen LogP contribution in [0.1, 0.15) is 18.1 Å². The van der Waals surface area contributed by atoms with Crippen LogP contribution in [-0.2, 0) is 17.8 Å². The Bertz CT molecular complexity index is 1030. The maximum Gasteiger partial charge on any atom is 0.205 e. The van der Waals surface area contributed by atoms with Gasteiger partial charge in [-0.05, 0) is 31.5 Å². The van der Waals surface area contributed by atoms with Crippen molar-refractivity contribution in [3.05, 3.63) is 70.2 Å². The van der Waals surface area contributed by atoms with Crippen LogP contribution >= 0.6 is 11.6 Å². The van der Waals surface area contributed by atoms with Crippen molar-refractivity contribution >= 4 is 34.0 Å². The van der Waals surface area contributed by atoms with E-state index in [1.165, 1.54) is 6.92 Å². The Morgan fingerprint density at radius 3 is 2.81 bits per heavy atom. The van der Waals surface area contributed by atoms with E-state index in [4.69, 9.17) is 18.2 Å². The first-order chi connectivity index (χ1) is 12.3. The maximum atomic E-state index is 12.6. The number of ketones is 1. The highest BCUT2D eigenvalue weighted by molar-refractivity contribution is 6.33. The molecule has 26 heavy (non-hydrogen) atoms. The molecule has 0 radical (unpaired) electrons. The monoisotopic (exact) mass is 367 g/mol. The molecule has 5 nitrogen and oxygen atoms in total. The van der Waals surface area contributed by atoms with Gasteiger partial charge < -0.3 is 5.11 Å². The minimum Gasteiger partial charge on any atom is -0.380 e. The zero-order valence-electron chi connectivity index (χ0n) is 14.5. The molecule has 0 bridgehead atoms. The van der Waals surface area contributed by atoms with E-state index in [-0.39, 0.29) is 18.7 Å². The number of halogens is 1. The minimum atomic E-state index is -1.57. The first-order valence-electron chi connectivity index (χ1n) is 8.14. The highest BCUT2D eigenvalue weighted by atomic mass is 35.5. The predicted molar refractivity (Wildman–Crippen MR) is 102 cm³/mol. The fraction of sp³-hybridized carbons (Fsp3) is 0.250. The molecule has 1 N–H and O–H groups in total. The van der Waals surface area contributed by atoms with Gasteiger partial charge in [-0.25, -0.2) is 4.85 Å². The van der Waals surface area contributed by atoms with Crippen LogP contribution in [-0.4, -0.2) is 26.3 Å². The van der Waals surface area contributed by atoms with Crippen molar-refractivity contribution < 1.29 is 9.90 Å². The van der Waals surface area contributed by atoms with Gasteiger partial charge in [0.05, 0.1) is 24.8 Å². The average molecular weight is 368 g/mol. The molecule has 2 aromatic carbocycles. The number of rotatable bonds is 5. The van der Waals surface area contributed by atoms with E-state index in [1.54, 1.807) is 29.1 Å². The standard InChI is InChI=1S/C20H18ClN3O2/c1-13-4-7-18-15(8-13)11-23-24(18)12-20(2,26)19(25)10-14-5-6-17(22-3)16(21)9-14/h4-9,11,26H,10,12H2,1-2H3/t20-/m0/s1. The molecule has 0 saturated heterocycles. The van der Waals surface area contributed by atoms with Gasteiger partial charge in [0, 0.05) is 16.8 Å². The van der Waals surface area contributed by atoms with Crippen molar-refractivity contribution in [2.45, 2.75) is 32.4 Å². The number of Topliss-reactive ketones (excluding diaryl/α,β-unsaturated/α-hetero) is 1. The van der Waals surface area contributed by atoms with Crippen LogP contribution in [0.25, 0.3) is 15.7 Å². The lowest BCUT2D eigenvalue weighted by Crippen LogP contribution is -2.41. The molecule has 6 heteroatoms. The third kappa shape index (κ3) is 3.62. The maximum absolute atomic E-state index is 12.6. The lowest BCUT2D eigenvalue weighted by molar-refractivity contribution is -0.136. The van der Waals surface area contributed by atoms with Gasteiger partial charge in [0.25, 0.3) is 0 Å². The number of carbonyl (C=O) groups is 1. The Kier molecular flexibility index (Phi) is 4.82. The van der Waals surface area contributed by atoms with Gasteiger partial charge in [0.1, 0.15) is 5.60 Å². The molecule has 1 heterocycles. The molecule has 0 saturated carbocycles. The second-order valence-corrected chi connectivity index (χ2v) is 7.04. The molecule has 0 aliphatic carbocycles. The highest BCUT2D eigenvalue weighted by Crippen LogP contribution is 2.27. The van der Waals surface area contributed by atoms with Crippen LogP contribution < -0.4 is 0 Å².